The molecule has 0 radical (unpaired) electrons. The van der Waals surface area contributed by atoms with Gasteiger partial charge in [-0.25, -0.2) is 9.78 Å². The van der Waals surface area contributed by atoms with E-state index in [1.54, 1.807) is 44.7 Å². The first kappa shape index (κ1) is 101. The largest absolute Gasteiger partial charge is 1.00 e. The van der Waals surface area contributed by atoms with Gasteiger partial charge in [-0.1, -0.05) is 194 Å². The maximum absolute atomic E-state index is 11.2. The second kappa shape index (κ2) is 51.1. The van der Waals surface area contributed by atoms with E-state index in [9.17, 15) is 24.6 Å². The van der Waals surface area contributed by atoms with E-state index in [0.29, 0.717) is 0 Å². The standard InChI is InChI=1S/2C21H20N2O2.2C19H18N2.C17H18N2O2.C15H16N2.Na.H2O/c1-22(2)18-11-7-16(8-12-18)9-13-19-14-10-17-5-3-4-6-20(17)23(19)15-21(24)25;1-22(2)18-11-8-16(9-12-18)7-10-17-13-14-23(15-21(24)25)20-6-4-3-5-19(17)20;1-21(2)18-13-8-15(9-14-18)7-11-17-12-10-16-5-3-4-6-19(16)20-17;1-21(2)17-11-8-15(9-12-17)7-10-16-13-14-20-19-6-4-3-5-18(16)19;1-18(2)16-7-5-14(6-8-16)3-4-15-9-11-19(12-10-15)13-17(20)21;1-17(2)15-7-5-13(6-8-15)3-4-14-9-11-16-12-10-14;;/h2*3-14H,15H2,1-2H3;2*3-14H,1-2H3;3-12H,13H2,1-2H3;3-12H,1-2H3;;1H2/q;;;;;;+1;/b;;11-7+;10-7-;;4-3+;;. The fraction of sp³-hybridized carbons (Fsp3) is 0.134. The monoisotopic (exact) mass is 1760 g/mol. The van der Waals surface area contributed by atoms with Crippen LogP contribution >= 0.6 is 0 Å². The van der Waals surface area contributed by atoms with Crippen LogP contribution in [0.3, 0.4) is 0 Å². The van der Waals surface area contributed by atoms with Crippen molar-refractivity contribution in [1.29, 1.82) is 0 Å². The van der Waals surface area contributed by atoms with Gasteiger partial charge in [0.15, 0.2) is 31.7 Å². The number of pyridine rings is 6. The Hall–Kier alpha value is -15.3. The Morgan fingerprint density at radius 3 is 1.11 bits per heavy atom. The smallest absolute Gasteiger partial charge is 0.870 e. The van der Waals surface area contributed by atoms with Crippen molar-refractivity contribution < 1.29 is 78.4 Å². The first-order chi connectivity index (χ1) is 62.8. The van der Waals surface area contributed by atoms with Gasteiger partial charge in [-0.2, -0.15) is 13.7 Å². The number of benzene rings is 10. The summed E-state index contributed by atoms with van der Waals surface area (Å²) in [7, 11) is 24.3. The number of anilines is 6. The third-order valence-corrected chi connectivity index (χ3v) is 21.0. The molecule has 0 aliphatic carbocycles. The summed E-state index contributed by atoms with van der Waals surface area (Å²) in [5.41, 5.74) is 24.0. The van der Waals surface area contributed by atoms with Crippen LogP contribution in [0, 0.1) is 0 Å². The van der Waals surface area contributed by atoms with Crippen molar-refractivity contribution in [3.05, 3.63) is 408 Å². The van der Waals surface area contributed by atoms with E-state index in [1.165, 1.54) is 55.8 Å². The van der Waals surface area contributed by atoms with Crippen LogP contribution in [-0.2, 0) is 34.0 Å². The van der Waals surface area contributed by atoms with Crippen LogP contribution in [-0.4, -0.2) is 128 Å². The number of aromatic nitrogens is 6. The van der Waals surface area contributed by atoms with Gasteiger partial charge in [0.05, 0.1) is 22.1 Å². The molecule has 19 nitrogen and oxygen atoms in total. The number of aliphatic carboxylic acids is 3. The molecule has 0 amide bonds. The quantitative estimate of drug-likeness (QED) is 0.0439. The van der Waals surface area contributed by atoms with Crippen LogP contribution in [0.2, 0.25) is 0 Å². The molecule has 16 rings (SSSR count). The molecule has 662 valence electrons. The minimum Gasteiger partial charge on any atom is -0.870 e. The van der Waals surface area contributed by atoms with Gasteiger partial charge >= 0.3 is 35.5 Å². The summed E-state index contributed by atoms with van der Waals surface area (Å²) in [6.07, 6.45) is 35.5. The van der Waals surface area contributed by atoms with Gasteiger partial charge in [-0.15, -0.1) is 0 Å². The second-order valence-electron chi connectivity index (χ2n) is 31.8. The van der Waals surface area contributed by atoms with E-state index in [4.69, 9.17) is 5.11 Å². The van der Waals surface area contributed by atoms with Crippen molar-refractivity contribution in [2.45, 2.75) is 19.6 Å². The zero-order valence-corrected chi connectivity index (χ0v) is 79.2. The topological polar surface area (TPSA) is 217 Å². The SMILES string of the molecule is CN(C)c1ccc(/C=C/c2cc[n+](CC(=O)O)cc2)cc1.CN(C)c1ccc(/C=C/c2ccc3ccccc3[n+]2CC(=O)[O-])cc1.CN(C)c1ccc(/C=C/c2ccc3ccccc3n2)cc1.CN(C)c1ccc(/C=C/c2ccncc2)cc1.CN(C)c1ccc(/C=C\c2cc[n+](CC(=O)[O-])c3ccccc23)cc1.CN(C)c1ccc(/C=C\c2ccnc3ccccc23)cc1.[Na+].[OH-]. The van der Waals surface area contributed by atoms with E-state index in [0.717, 1.165) is 89.0 Å². The third kappa shape index (κ3) is 31.3. The minimum absolute atomic E-state index is 0. The van der Waals surface area contributed by atoms with Gasteiger partial charge < -0.3 is 59.8 Å². The Kier molecular flexibility index (Phi) is 38.9. The zero-order chi connectivity index (χ0) is 92.3. The number of fused-ring (bicyclic) bond motifs is 4. The molecule has 6 heterocycles. The van der Waals surface area contributed by atoms with Crippen LogP contribution in [0.4, 0.5) is 34.1 Å². The van der Waals surface area contributed by atoms with E-state index in [2.05, 4.69) is 240 Å². The summed E-state index contributed by atoms with van der Waals surface area (Å²) in [6, 6.07) is 102. The molecular weight excluding hydrogens is 1650 g/mol. The number of carbonyl (C=O) groups is 3. The molecule has 20 heteroatoms. The molecule has 2 N–H and O–H groups in total. The van der Waals surface area contributed by atoms with E-state index in [1.807, 2.05) is 272 Å². The summed E-state index contributed by atoms with van der Waals surface area (Å²) < 4.78 is 5.08. The maximum Gasteiger partial charge on any atom is 1.00 e. The number of carbonyl (C=O) groups excluding carboxylic acids is 2. The van der Waals surface area contributed by atoms with Gasteiger partial charge in [0.25, 0.3) is 0 Å². The molecule has 0 aliphatic rings. The minimum atomic E-state index is -1.11. The molecule has 0 saturated carbocycles. The fourth-order valence-electron chi connectivity index (χ4n) is 13.6. The predicted molar refractivity (Wildman–Crippen MR) is 540 cm³/mol. The molecule has 132 heavy (non-hydrogen) atoms. The van der Waals surface area contributed by atoms with Gasteiger partial charge in [-0.3, -0.25) is 9.97 Å². The van der Waals surface area contributed by atoms with Crippen LogP contribution in [0.15, 0.2) is 340 Å². The third-order valence-electron chi connectivity index (χ3n) is 21.0. The summed E-state index contributed by atoms with van der Waals surface area (Å²) in [6.45, 7) is -0.354. The maximum atomic E-state index is 11.2. The van der Waals surface area contributed by atoms with Crippen LogP contribution in [0.1, 0.15) is 67.0 Å². The normalized spacial score (nSPS) is 10.8. The molecular formula is C112H112N12NaO7+. The number of hydrogen-bond donors (Lipinski definition) is 1. The fourth-order valence-corrected chi connectivity index (χ4v) is 13.6. The van der Waals surface area contributed by atoms with Crippen molar-refractivity contribution in [3.8, 4) is 0 Å². The Balaban J connectivity index is 0.000000178. The first-order valence-electron chi connectivity index (χ1n) is 42.6. The summed E-state index contributed by atoms with van der Waals surface area (Å²) in [4.78, 5) is 58.2. The van der Waals surface area contributed by atoms with Crippen molar-refractivity contribution in [3.63, 3.8) is 0 Å². The molecule has 0 atom stereocenters. The van der Waals surface area contributed by atoms with Gasteiger partial charge in [0.1, 0.15) is 11.9 Å². The Morgan fingerprint density at radius 1 is 0.318 bits per heavy atom. The first-order valence-corrected chi connectivity index (χ1v) is 42.6. The summed E-state index contributed by atoms with van der Waals surface area (Å²) >= 11 is 0. The van der Waals surface area contributed by atoms with Gasteiger partial charge in [0.2, 0.25) is 23.3 Å². The van der Waals surface area contributed by atoms with E-state index < -0.39 is 17.9 Å². The molecule has 0 saturated heterocycles. The molecule has 0 bridgehead atoms. The molecule has 16 aromatic rings. The second-order valence-corrected chi connectivity index (χ2v) is 31.8. The van der Waals surface area contributed by atoms with Crippen molar-refractivity contribution in [2.24, 2.45) is 0 Å². The van der Waals surface area contributed by atoms with E-state index in [-0.39, 0.29) is 54.7 Å². The number of para-hydroxylation sites is 4. The number of nitrogens with zero attached hydrogens (tertiary/aromatic N) is 12. The molecule has 6 aromatic heterocycles. The van der Waals surface area contributed by atoms with Gasteiger partial charge in [-0.05, 0) is 195 Å². The molecule has 0 spiro atoms. The Labute approximate surface area is 797 Å². The van der Waals surface area contributed by atoms with Crippen LogP contribution in [0.5, 0.6) is 0 Å². The molecule has 0 unspecified atom stereocenters. The zero-order valence-electron chi connectivity index (χ0n) is 77.2. The van der Waals surface area contributed by atoms with Crippen molar-refractivity contribution >= 4 is 169 Å². The number of rotatable bonds is 24. The summed E-state index contributed by atoms with van der Waals surface area (Å²) in [5, 5.41) is 35.2. The molecule has 10 aromatic carbocycles. The average molecular weight is 1760 g/mol. The van der Waals surface area contributed by atoms with Gasteiger partial charge in [0, 0.05) is 196 Å². The number of carboxylic acids is 3. The number of carboxylic acid groups (broad SMARTS) is 3. The number of hydrogen-bond acceptors (Lipinski definition) is 15. The average Bonchev–Trinajstić information content (AvgIpc) is 0.803. The molecule has 0 fully saturated rings. The van der Waals surface area contributed by atoms with E-state index >= 15 is 0 Å². The Morgan fingerprint density at radius 2 is 0.674 bits per heavy atom. The van der Waals surface area contributed by atoms with Crippen molar-refractivity contribution in [2.75, 3.05) is 114 Å². The summed E-state index contributed by atoms with van der Waals surface area (Å²) in [5.74, 6) is -3.05. The van der Waals surface area contributed by atoms with Crippen molar-refractivity contribution in [1.82, 2.24) is 15.0 Å². The van der Waals surface area contributed by atoms with Crippen LogP contribution in [0.25, 0.3) is 117 Å². The predicted octanol–water partition coefficient (Wildman–Crippen LogP) is 15.6. The molecule has 0 aliphatic heterocycles. The van der Waals surface area contributed by atoms with Crippen LogP contribution < -0.4 is 82.9 Å². The Bertz CT molecular complexity index is 6570.